The lowest BCUT2D eigenvalue weighted by Gasteiger charge is -2.08. The second-order valence-corrected chi connectivity index (χ2v) is 4.13. The Bertz CT molecular complexity index is 651. The molecule has 0 aliphatic rings. The number of pyridine rings is 1. The van der Waals surface area contributed by atoms with Crippen LogP contribution in [0.25, 0.3) is 0 Å². The fourth-order valence-electron chi connectivity index (χ4n) is 1.59. The van der Waals surface area contributed by atoms with Crippen LogP contribution in [0.5, 0.6) is 5.75 Å². The highest BCUT2D eigenvalue weighted by Gasteiger charge is 2.30. The van der Waals surface area contributed by atoms with Crippen LogP contribution >= 0.6 is 0 Å². The second-order valence-electron chi connectivity index (χ2n) is 4.13. The molecule has 1 heterocycles. The van der Waals surface area contributed by atoms with Gasteiger partial charge in [0, 0.05) is 17.5 Å². The van der Waals surface area contributed by atoms with Crippen LogP contribution in [0.2, 0.25) is 0 Å². The topological polar surface area (TPSA) is 34.5 Å². The number of ether oxygens (including phenoxy) is 1. The first-order chi connectivity index (χ1) is 9.83. The maximum atomic E-state index is 13.0. The maximum absolute atomic E-state index is 13.0. The molecule has 1 aromatic heterocycles. The Morgan fingerprint density at radius 1 is 1.14 bits per heavy atom. The summed E-state index contributed by atoms with van der Waals surface area (Å²) in [6.07, 6.45) is -2.21. The average molecular weight is 298 g/mol. The van der Waals surface area contributed by atoms with Crippen molar-refractivity contribution in [2.75, 3.05) is 0 Å². The molecule has 1 aromatic carbocycles. The summed E-state index contributed by atoms with van der Waals surface area (Å²) in [5.41, 5.74) is 1.41. The van der Waals surface area contributed by atoms with Gasteiger partial charge in [-0.15, -0.1) is 13.2 Å². The molecule has 0 fully saturated rings. The SMILES string of the molecule is CC(=Nc1ccc(OC(F)(F)F)cc1)c1cncc(F)c1. The molecule has 2 aromatic rings. The molecular formula is C14H10F4N2O. The second kappa shape index (κ2) is 5.90. The van der Waals surface area contributed by atoms with Crippen molar-refractivity contribution in [2.45, 2.75) is 13.3 Å². The van der Waals surface area contributed by atoms with Crippen LogP contribution in [-0.4, -0.2) is 17.1 Å². The van der Waals surface area contributed by atoms with Crippen molar-refractivity contribution in [2.24, 2.45) is 4.99 Å². The van der Waals surface area contributed by atoms with E-state index in [1.807, 2.05) is 0 Å². The van der Waals surface area contributed by atoms with E-state index in [1.54, 1.807) is 6.92 Å². The lowest BCUT2D eigenvalue weighted by atomic mass is 10.2. The van der Waals surface area contributed by atoms with Gasteiger partial charge in [0.15, 0.2) is 0 Å². The number of alkyl halides is 3. The molecule has 21 heavy (non-hydrogen) atoms. The van der Waals surface area contributed by atoms with Crippen LogP contribution < -0.4 is 4.74 Å². The molecule has 0 unspecified atom stereocenters. The minimum atomic E-state index is -4.73. The van der Waals surface area contributed by atoms with E-state index in [0.29, 0.717) is 17.0 Å². The fraction of sp³-hybridized carbons (Fsp3) is 0.143. The molecule has 7 heteroatoms. The molecule has 0 bridgehead atoms. The quantitative estimate of drug-likeness (QED) is 0.627. The number of hydrogen-bond donors (Lipinski definition) is 0. The highest BCUT2D eigenvalue weighted by Crippen LogP contribution is 2.25. The Kier molecular flexibility index (Phi) is 4.21. The summed E-state index contributed by atoms with van der Waals surface area (Å²) in [6.45, 7) is 1.65. The number of nitrogens with zero attached hydrogens (tertiary/aromatic N) is 2. The van der Waals surface area contributed by atoms with Crippen molar-refractivity contribution in [1.82, 2.24) is 4.98 Å². The summed E-state index contributed by atoms with van der Waals surface area (Å²) in [6, 6.07) is 6.33. The molecule has 0 saturated carbocycles. The zero-order valence-electron chi connectivity index (χ0n) is 10.9. The molecule has 0 radical (unpaired) electrons. The summed E-state index contributed by atoms with van der Waals surface area (Å²) < 4.78 is 52.8. The largest absolute Gasteiger partial charge is 0.573 e. The standard InChI is InChI=1S/C14H10F4N2O/c1-9(10-6-11(15)8-19-7-10)20-12-2-4-13(5-3-12)21-14(16,17)18/h2-8H,1H3. The number of rotatable bonds is 3. The van der Waals surface area contributed by atoms with E-state index < -0.39 is 12.2 Å². The van der Waals surface area contributed by atoms with Gasteiger partial charge in [0.2, 0.25) is 0 Å². The van der Waals surface area contributed by atoms with Gasteiger partial charge in [-0.1, -0.05) is 0 Å². The van der Waals surface area contributed by atoms with Crippen LogP contribution in [0, 0.1) is 5.82 Å². The highest BCUT2D eigenvalue weighted by atomic mass is 19.4. The van der Waals surface area contributed by atoms with Crippen LogP contribution in [0.3, 0.4) is 0 Å². The van der Waals surface area contributed by atoms with Crippen molar-refractivity contribution >= 4 is 11.4 Å². The summed E-state index contributed by atoms with van der Waals surface area (Å²) in [5, 5.41) is 0. The molecule has 0 atom stereocenters. The summed E-state index contributed by atoms with van der Waals surface area (Å²) >= 11 is 0. The van der Waals surface area contributed by atoms with Crippen molar-refractivity contribution in [3.05, 3.63) is 54.1 Å². The maximum Gasteiger partial charge on any atom is 0.573 e. The van der Waals surface area contributed by atoms with E-state index in [9.17, 15) is 17.6 Å². The predicted molar refractivity (Wildman–Crippen MR) is 69.2 cm³/mol. The van der Waals surface area contributed by atoms with Gasteiger partial charge in [0.25, 0.3) is 0 Å². The Morgan fingerprint density at radius 3 is 2.38 bits per heavy atom. The zero-order chi connectivity index (χ0) is 15.5. The van der Waals surface area contributed by atoms with E-state index in [2.05, 4.69) is 14.7 Å². The molecule has 0 amide bonds. The third kappa shape index (κ3) is 4.55. The van der Waals surface area contributed by atoms with E-state index in [1.165, 1.54) is 24.4 Å². The number of aromatic nitrogens is 1. The Hall–Kier alpha value is -2.44. The lowest BCUT2D eigenvalue weighted by molar-refractivity contribution is -0.274. The molecule has 0 spiro atoms. The third-order valence-corrected chi connectivity index (χ3v) is 2.49. The first-order valence-corrected chi connectivity index (χ1v) is 5.85. The first-order valence-electron chi connectivity index (χ1n) is 5.85. The summed E-state index contributed by atoms with van der Waals surface area (Å²) in [4.78, 5) is 7.88. The minimum Gasteiger partial charge on any atom is -0.406 e. The van der Waals surface area contributed by atoms with Crippen molar-refractivity contribution in [1.29, 1.82) is 0 Å². The molecule has 0 aliphatic carbocycles. The van der Waals surface area contributed by atoms with Gasteiger partial charge in [-0.25, -0.2) is 4.39 Å². The van der Waals surface area contributed by atoms with Gasteiger partial charge < -0.3 is 4.74 Å². The van der Waals surface area contributed by atoms with Crippen molar-refractivity contribution in [3.8, 4) is 5.75 Å². The van der Waals surface area contributed by atoms with Gasteiger partial charge >= 0.3 is 6.36 Å². The normalized spacial score (nSPS) is 12.3. The molecule has 2 rings (SSSR count). The average Bonchev–Trinajstić information content (AvgIpc) is 2.39. The third-order valence-electron chi connectivity index (χ3n) is 2.49. The van der Waals surface area contributed by atoms with Crippen LogP contribution in [-0.2, 0) is 0 Å². The number of aliphatic imine (C=N–C) groups is 1. The van der Waals surface area contributed by atoms with Gasteiger partial charge in [0.1, 0.15) is 11.6 Å². The summed E-state index contributed by atoms with van der Waals surface area (Å²) in [7, 11) is 0. The summed E-state index contributed by atoms with van der Waals surface area (Å²) in [5.74, 6) is -0.817. The smallest absolute Gasteiger partial charge is 0.406 e. The fourth-order valence-corrected chi connectivity index (χ4v) is 1.59. The lowest BCUT2D eigenvalue weighted by Crippen LogP contribution is -2.16. The highest BCUT2D eigenvalue weighted by molar-refractivity contribution is 5.99. The van der Waals surface area contributed by atoms with E-state index >= 15 is 0 Å². The zero-order valence-corrected chi connectivity index (χ0v) is 10.9. The van der Waals surface area contributed by atoms with Crippen LogP contribution in [0.4, 0.5) is 23.2 Å². The monoisotopic (exact) mass is 298 g/mol. The van der Waals surface area contributed by atoms with Gasteiger partial charge in [-0.05, 0) is 37.3 Å². The Labute approximate surface area is 117 Å². The van der Waals surface area contributed by atoms with Gasteiger partial charge in [-0.3, -0.25) is 9.98 Å². The van der Waals surface area contributed by atoms with Crippen molar-refractivity contribution in [3.63, 3.8) is 0 Å². The number of benzene rings is 1. The van der Waals surface area contributed by atoms with Crippen LogP contribution in [0.1, 0.15) is 12.5 Å². The Morgan fingerprint density at radius 2 is 1.81 bits per heavy atom. The first kappa shape index (κ1) is 15.0. The number of hydrogen-bond acceptors (Lipinski definition) is 3. The molecule has 3 nitrogen and oxygen atoms in total. The molecule has 0 N–H and O–H groups in total. The number of halogens is 4. The molecule has 0 saturated heterocycles. The molecular weight excluding hydrogens is 288 g/mol. The van der Waals surface area contributed by atoms with Crippen molar-refractivity contribution < 1.29 is 22.3 Å². The van der Waals surface area contributed by atoms with Crippen LogP contribution in [0.15, 0.2) is 47.7 Å². The van der Waals surface area contributed by atoms with Gasteiger partial charge in [0.05, 0.1) is 11.9 Å². The Balaban J connectivity index is 2.17. The predicted octanol–water partition coefficient (Wildman–Crippen LogP) is 4.26. The van der Waals surface area contributed by atoms with E-state index in [0.717, 1.165) is 18.3 Å². The van der Waals surface area contributed by atoms with Gasteiger partial charge in [-0.2, -0.15) is 0 Å². The minimum absolute atomic E-state index is 0.327. The molecule has 0 aliphatic heterocycles. The van der Waals surface area contributed by atoms with E-state index in [4.69, 9.17) is 0 Å². The van der Waals surface area contributed by atoms with E-state index in [-0.39, 0.29) is 5.75 Å². The molecule has 110 valence electrons.